The smallest absolute Gasteiger partial charge is 0.261 e. The Kier molecular flexibility index (Phi) is 6.09. The molecule has 0 spiro atoms. The molecule has 1 aliphatic heterocycles. The highest BCUT2D eigenvalue weighted by Crippen LogP contribution is 2.29. The van der Waals surface area contributed by atoms with Crippen molar-refractivity contribution in [1.29, 1.82) is 0 Å². The zero-order valence-electron chi connectivity index (χ0n) is 17.3. The van der Waals surface area contributed by atoms with Crippen molar-refractivity contribution in [3.8, 4) is 0 Å². The number of para-hydroxylation sites is 1. The van der Waals surface area contributed by atoms with E-state index in [2.05, 4.69) is 20.7 Å². The zero-order valence-corrected chi connectivity index (χ0v) is 18.1. The maximum atomic E-state index is 13.0. The molecule has 3 amide bonds. The van der Waals surface area contributed by atoms with Crippen molar-refractivity contribution in [3.63, 3.8) is 0 Å². The Hall–Kier alpha value is -4.18. The fraction of sp³-hybridized carbons (Fsp3) is 0.0870. The Labute approximate surface area is 190 Å². The normalized spacial score (nSPS) is 13.2. The van der Waals surface area contributed by atoms with Gasteiger partial charge in [0.1, 0.15) is 6.42 Å². The summed E-state index contributed by atoms with van der Waals surface area (Å²) in [5.41, 5.74) is 1.64. The summed E-state index contributed by atoms with van der Waals surface area (Å²) in [5.74, 6) is -1.47. The molecule has 0 unspecified atom stereocenters. The maximum Gasteiger partial charge on any atom is 0.261 e. The van der Waals surface area contributed by atoms with E-state index in [9.17, 15) is 22.8 Å². The van der Waals surface area contributed by atoms with Crippen LogP contribution in [0.25, 0.3) is 0 Å². The third-order valence-corrected chi connectivity index (χ3v) is 6.25. The zero-order chi connectivity index (χ0) is 23.4. The minimum Gasteiger partial charge on any atom is -0.348 e. The van der Waals surface area contributed by atoms with Crippen LogP contribution in [0.1, 0.15) is 22.3 Å². The van der Waals surface area contributed by atoms with Gasteiger partial charge in [0, 0.05) is 6.54 Å². The van der Waals surface area contributed by atoms with Crippen molar-refractivity contribution >= 4 is 44.8 Å². The monoisotopic (exact) mass is 464 g/mol. The molecule has 3 aromatic carbocycles. The van der Waals surface area contributed by atoms with Gasteiger partial charge in [0.2, 0.25) is 11.8 Å². The van der Waals surface area contributed by atoms with Crippen LogP contribution in [0.15, 0.2) is 77.7 Å². The van der Waals surface area contributed by atoms with Gasteiger partial charge < -0.3 is 16.0 Å². The summed E-state index contributed by atoms with van der Waals surface area (Å²) in [6.45, 7) is 0.289. The number of sulfonamides is 1. The molecule has 168 valence electrons. The van der Waals surface area contributed by atoms with Gasteiger partial charge in [-0.25, -0.2) is 8.42 Å². The van der Waals surface area contributed by atoms with Crippen molar-refractivity contribution in [2.24, 2.45) is 0 Å². The van der Waals surface area contributed by atoms with E-state index in [0.29, 0.717) is 5.69 Å². The molecule has 0 aromatic heterocycles. The van der Waals surface area contributed by atoms with E-state index < -0.39 is 27.7 Å². The quantitative estimate of drug-likeness (QED) is 0.416. The Balaban J connectivity index is 1.56. The first-order valence-corrected chi connectivity index (χ1v) is 11.5. The highest BCUT2D eigenvalue weighted by molar-refractivity contribution is 7.92. The summed E-state index contributed by atoms with van der Waals surface area (Å²) in [6, 6.07) is 19.5. The Morgan fingerprint density at radius 2 is 1.52 bits per heavy atom. The van der Waals surface area contributed by atoms with Gasteiger partial charge in [-0.05, 0) is 35.9 Å². The number of carbonyl (C=O) groups is 3. The molecule has 0 bridgehead atoms. The van der Waals surface area contributed by atoms with Crippen LogP contribution in [0.3, 0.4) is 0 Å². The molecule has 0 radical (unpaired) electrons. The number of benzene rings is 3. The van der Waals surface area contributed by atoms with Crippen molar-refractivity contribution in [2.45, 2.75) is 17.9 Å². The van der Waals surface area contributed by atoms with E-state index in [1.165, 1.54) is 30.3 Å². The summed E-state index contributed by atoms with van der Waals surface area (Å²) < 4.78 is 28.5. The van der Waals surface area contributed by atoms with Gasteiger partial charge in [0.25, 0.3) is 15.9 Å². The van der Waals surface area contributed by atoms with Crippen LogP contribution in [-0.2, 0) is 26.2 Å². The largest absolute Gasteiger partial charge is 0.348 e. The van der Waals surface area contributed by atoms with Crippen molar-refractivity contribution in [1.82, 2.24) is 5.32 Å². The number of hydrogen-bond acceptors (Lipinski definition) is 5. The summed E-state index contributed by atoms with van der Waals surface area (Å²) in [6.07, 6.45) is -0.361. The van der Waals surface area contributed by atoms with Gasteiger partial charge in [-0.15, -0.1) is 0 Å². The lowest BCUT2D eigenvalue weighted by Crippen LogP contribution is -2.25. The van der Waals surface area contributed by atoms with Gasteiger partial charge in [-0.1, -0.05) is 42.5 Å². The third kappa shape index (κ3) is 5.18. The summed E-state index contributed by atoms with van der Waals surface area (Å²) in [5, 5.41) is 7.83. The van der Waals surface area contributed by atoms with Crippen LogP contribution in [0, 0.1) is 0 Å². The Morgan fingerprint density at radius 3 is 2.27 bits per heavy atom. The van der Waals surface area contributed by atoms with E-state index in [-0.39, 0.29) is 34.8 Å². The molecule has 9 nitrogen and oxygen atoms in total. The molecule has 3 aromatic rings. The van der Waals surface area contributed by atoms with Crippen LogP contribution in [0.5, 0.6) is 0 Å². The van der Waals surface area contributed by atoms with Gasteiger partial charge in [0.15, 0.2) is 0 Å². The molecule has 10 heteroatoms. The topological polar surface area (TPSA) is 133 Å². The number of carbonyl (C=O) groups excluding carboxylic acids is 3. The predicted molar refractivity (Wildman–Crippen MR) is 123 cm³/mol. The first-order chi connectivity index (χ1) is 15.8. The standard InChI is InChI=1S/C23H20N4O5S/c28-21-13-22(29)26-20-12-16(10-11-19(20)25-21)33(31,32)27-18-9-5-4-8-17(18)23(30)24-14-15-6-2-1-3-7-15/h1-12,27H,13-14H2,(H,24,30)(H,25,28)(H,26,29). The van der Waals surface area contributed by atoms with E-state index in [4.69, 9.17) is 0 Å². The first kappa shape index (κ1) is 22.0. The Morgan fingerprint density at radius 1 is 0.848 bits per heavy atom. The van der Waals surface area contributed by atoms with Crippen molar-refractivity contribution < 1.29 is 22.8 Å². The molecule has 4 N–H and O–H groups in total. The van der Waals surface area contributed by atoms with E-state index in [1.54, 1.807) is 12.1 Å². The molecule has 4 rings (SSSR count). The van der Waals surface area contributed by atoms with Crippen molar-refractivity contribution in [2.75, 3.05) is 15.4 Å². The molecule has 0 saturated carbocycles. The predicted octanol–water partition coefficient (Wildman–Crippen LogP) is 2.70. The molecule has 0 aliphatic carbocycles. The summed E-state index contributed by atoms with van der Waals surface area (Å²) in [7, 11) is -4.11. The number of fused-ring (bicyclic) bond motifs is 1. The van der Waals surface area contributed by atoms with Crippen LogP contribution >= 0.6 is 0 Å². The third-order valence-electron chi connectivity index (χ3n) is 4.88. The average molecular weight is 465 g/mol. The lowest BCUT2D eigenvalue weighted by molar-refractivity contribution is -0.123. The maximum absolute atomic E-state index is 13.0. The number of amides is 3. The molecule has 0 fully saturated rings. The average Bonchev–Trinajstić information content (AvgIpc) is 2.93. The van der Waals surface area contributed by atoms with Gasteiger partial charge in [-0.3, -0.25) is 19.1 Å². The van der Waals surface area contributed by atoms with E-state index in [1.807, 2.05) is 30.3 Å². The molecular weight excluding hydrogens is 444 g/mol. The molecule has 1 heterocycles. The van der Waals surface area contributed by atoms with Crippen LogP contribution in [0.2, 0.25) is 0 Å². The fourth-order valence-electron chi connectivity index (χ4n) is 3.28. The van der Waals surface area contributed by atoms with Crippen LogP contribution in [-0.4, -0.2) is 26.1 Å². The number of rotatable bonds is 6. The minimum absolute atomic E-state index is 0.107. The van der Waals surface area contributed by atoms with Crippen LogP contribution in [0.4, 0.5) is 17.1 Å². The second-order valence-corrected chi connectivity index (χ2v) is 8.98. The van der Waals surface area contributed by atoms with Crippen LogP contribution < -0.4 is 20.7 Å². The second kappa shape index (κ2) is 9.13. The molecule has 1 aliphatic rings. The number of hydrogen-bond donors (Lipinski definition) is 4. The highest BCUT2D eigenvalue weighted by atomic mass is 32.2. The van der Waals surface area contributed by atoms with Crippen molar-refractivity contribution in [3.05, 3.63) is 83.9 Å². The van der Waals surface area contributed by atoms with E-state index in [0.717, 1.165) is 5.56 Å². The number of anilines is 3. The van der Waals surface area contributed by atoms with Gasteiger partial charge in [-0.2, -0.15) is 0 Å². The molecule has 33 heavy (non-hydrogen) atoms. The summed E-state index contributed by atoms with van der Waals surface area (Å²) in [4.78, 5) is 36.1. The lowest BCUT2D eigenvalue weighted by Gasteiger charge is -2.14. The summed E-state index contributed by atoms with van der Waals surface area (Å²) >= 11 is 0. The first-order valence-electron chi connectivity index (χ1n) is 9.99. The SMILES string of the molecule is O=C1CC(=O)Nc2cc(S(=O)(=O)Nc3ccccc3C(=O)NCc3ccccc3)ccc2N1. The lowest BCUT2D eigenvalue weighted by atomic mass is 10.1. The Bertz CT molecular complexity index is 1340. The number of nitrogens with one attached hydrogen (secondary N) is 4. The highest BCUT2D eigenvalue weighted by Gasteiger charge is 2.23. The molecule has 0 saturated heterocycles. The van der Waals surface area contributed by atoms with E-state index >= 15 is 0 Å². The second-order valence-electron chi connectivity index (χ2n) is 7.30. The van der Waals surface area contributed by atoms with Gasteiger partial charge in [0.05, 0.1) is 27.5 Å². The fourth-order valence-corrected chi connectivity index (χ4v) is 4.39. The van der Waals surface area contributed by atoms with Gasteiger partial charge >= 0.3 is 0 Å². The molecular formula is C23H20N4O5S. The minimum atomic E-state index is -4.11. The molecule has 0 atom stereocenters.